The van der Waals surface area contributed by atoms with Gasteiger partial charge < -0.3 is 4.74 Å². The Morgan fingerprint density at radius 2 is 1.84 bits per heavy atom. The number of nitrogens with zero attached hydrogens (tertiary/aromatic N) is 1. The molecule has 3 heteroatoms. The maximum atomic E-state index is 12.3. The summed E-state index contributed by atoms with van der Waals surface area (Å²) in [6.07, 6.45) is 4.85. The summed E-state index contributed by atoms with van der Waals surface area (Å²) >= 11 is 0. The molecular weight excluding hydrogens is 238 g/mol. The van der Waals surface area contributed by atoms with E-state index in [1.807, 2.05) is 6.07 Å². The molecule has 1 heterocycles. The van der Waals surface area contributed by atoms with Crippen LogP contribution < -0.4 is 0 Å². The molecule has 19 heavy (non-hydrogen) atoms. The summed E-state index contributed by atoms with van der Waals surface area (Å²) < 4.78 is 5.31. The first-order chi connectivity index (χ1) is 9.33. The molecule has 0 bridgehead atoms. The predicted octanol–water partition coefficient (Wildman–Crippen LogP) is 2.08. The van der Waals surface area contributed by atoms with Gasteiger partial charge in [0, 0.05) is 18.7 Å². The smallest absolute Gasteiger partial charge is 0.176 e. The second kappa shape index (κ2) is 5.85. The Morgan fingerprint density at radius 3 is 2.63 bits per heavy atom. The molecule has 0 unspecified atom stereocenters. The van der Waals surface area contributed by atoms with Gasteiger partial charge in [-0.2, -0.15) is 0 Å². The van der Waals surface area contributed by atoms with Crippen LogP contribution in [0, 0.1) is 0 Å². The van der Waals surface area contributed by atoms with Gasteiger partial charge in [-0.1, -0.05) is 12.1 Å². The van der Waals surface area contributed by atoms with Crippen LogP contribution in [0.2, 0.25) is 0 Å². The predicted molar refractivity (Wildman–Crippen MR) is 74.7 cm³/mol. The van der Waals surface area contributed by atoms with Gasteiger partial charge in [-0.15, -0.1) is 0 Å². The number of hydrogen-bond donors (Lipinski definition) is 0. The van der Waals surface area contributed by atoms with Crippen LogP contribution in [0.15, 0.2) is 18.2 Å². The largest absolute Gasteiger partial charge is 0.379 e. The number of Topliss-reactive ketones (excluding diaryl/α,β-unsaturated/α-hetero) is 1. The van der Waals surface area contributed by atoms with Gasteiger partial charge in [0.2, 0.25) is 0 Å². The summed E-state index contributed by atoms with van der Waals surface area (Å²) in [6, 6.07) is 6.28. The molecule has 3 nitrogen and oxygen atoms in total. The Balaban J connectivity index is 1.69. The molecule has 0 spiro atoms. The van der Waals surface area contributed by atoms with Crippen molar-refractivity contribution >= 4 is 5.78 Å². The normalized spacial score (nSPS) is 20.0. The number of hydrogen-bond acceptors (Lipinski definition) is 3. The highest BCUT2D eigenvalue weighted by atomic mass is 16.5. The number of rotatable bonds is 3. The van der Waals surface area contributed by atoms with Gasteiger partial charge in [-0.3, -0.25) is 9.69 Å². The van der Waals surface area contributed by atoms with Crippen molar-refractivity contribution < 1.29 is 9.53 Å². The number of ketones is 1. The van der Waals surface area contributed by atoms with E-state index in [1.54, 1.807) is 0 Å². The molecule has 102 valence electrons. The molecule has 3 rings (SSSR count). The molecule has 1 aliphatic heterocycles. The summed E-state index contributed by atoms with van der Waals surface area (Å²) in [4.78, 5) is 14.5. The van der Waals surface area contributed by atoms with Gasteiger partial charge in [0.15, 0.2) is 5.78 Å². The van der Waals surface area contributed by atoms with Crippen LogP contribution in [-0.4, -0.2) is 43.5 Å². The zero-order chi connectivity index (χ0) is 13.1. The van der Waals surface area contributed by atoms with Gasteiger partial charge in [0.25, 0.3) is 0 Å². The minimum atomic E-state index is 0.246. The number of carbonyl (C=O) groups excluding carboxylic acids is 1. The van der Waals surface area contributed by atoms with E-state index in [0.29, 0.717) is 6.54 Å². The Labute approximate surface area is 114 Å². The lowest BCUT2D eigenvalue weighted by Crippen LogP contribution is -2.39. The first-order valence-corrected chi connectivity index (χ1v) is 7.28. The fourth-order valence-corrected chi connectivity index (χ4v) is 2.96. The highest BCUT2D eigenvalue weighted by molar-refractivity contribution is 5.97. The number of carbonyl (C=O) groups is 1. The fraction of sp³-hybridized carbons (Fsp3) is 0.562. The molecule has 0 amide bonds. The quantitative estimate of drug-likeness (QED) is 0.778. The Bertz CT molecular complexity index is 464. The molecule has 1 fully saturated rings. The first kappa shape index (κ1) is 12.8. The van der Waals surface area contributed by atoms with Crippen molar-refractivity contribution in [1.82, 2.24) is 4.90 Å². The average Bonchev–Trinajstić information content (AvgIpc) is 2.48. The molecular formula is C16H21NO2. The van der Waals surface area contributed by atoms with E-state index in [9.17, 15) is 4.79 Å². The van der Waals surface area contributed by atoms with Crippen molar-refractivity contribution in [2.75, 3.05) is 32.8 Å². The summed E-state index contributed by atoms with van der Waals surface area (Å²) in [5, 5.41) is 0. The molecule has 1 aromatic rings. The number of fused-ring (bicyclic) bond motifs is 1. The lowest BCUT2D eigenvalue weighted by Gasteiger charge is -2.26. The summed E-state index contributed by atoms with van der Waals surface area (Å²) in [7, 11) is 0. The van der Waals surface area contributed by atoms with E-state index in [0.717, 1.165) is 38.3 Å². The second-order valence-corrected chi connectivity index (χ2v) is 5.50. The first-order valence-electron chi connectivity index (χ1n) is 7.28. The van der Waals surface area contributed by atoms with Crippen LogP contribution >= 0.6 is 0 Å². The molecule has 1 aliphatic carbocycles. The molecule has 0 radical (unpaired) electrons. The maximum Gasteiger partial charge on any atom is 0.176 e. The van der Waals surface area contributed by atoms with Crippen molar-refractivity contribution in [2.45, 2.75) is 25.7 Å². The molecule has 1 saturated heterocycles. The van der Waals surface area contributed by atoms with Gasteiger partial charge in [-0.05, 0) is 42.9 Å². The van der Waals surface area contributed by atoms with Crippen molar-refractivity contribution in [3.05, 3.63) is 34.9 Å². The van der Waals surface area contributed by atoms with E-state index in [-0.39, 0.29) is 5.78 Å². The summed E-state index contributed by atoms with van der Waals surface area (Å²) in [5.41, 5.74) is 3.71. The van der Waals surface area contributed by atoms with Gasteiger partial charge >= 0.3 is 0 Å². The number of benzene rings is 1. The molecule has 0 aromatic heterocycles. The number of morpholine rings is 1. The zero-order valence-electron chi connectivity index (χ0n) is 11.4. The van der Waals surface area contributed by atoms with E-state index < -0.39 is 0 Å². The zero-order valence-corrected chi connectivity index (χ0v) is 11.4. The Morgan fingerprint density at radius 1 is 1.11 bits per heavy atom. The molecule has 0 N–H and O–H groups in total. The third kappa shape index (κ3) is 3.04. The Kier molecular flexibility index (Phi) is 3.95. The standard InChI is InChI=1S/C16H21NO2/c18-16(12-17-7-9-19-10-8-17)15-6-5-13-3-1-2-4-14(13)11-15/h5-6,11H,1-4,7-10,12H2. The fourth-order valence-electron chi connectivity index (χ4n) is 2.96. The monoisotopic (exact) mass is 259 g/mol. The van der Waals surface area contributed by atoms with Gasteiger partial charge in [0.1, 0.15) is 0 Å². The van der Waals surface area contributed by atoms with E-state index >= 15 is 0 Å². The maximum absolute atomic E-state index is 12.3. The molecule has 0 saturated carbocycles. The van der Waals surface area contributed by atoms with E-state index in [1.165, 1.54) is 30.4 Å². The molecule has 2 aliphatic rings. The lowest BCUT2D eigenvalue weighted by molar-refractivity contribution is 0.0371. The van der Waals surface area contributed by atoms with Crippen LogP contribution in [0.5, 0.6) is 0 Å². The third-order valence-corrected chi connectivity index (χ3v) is 4.14. The van der Waals surface area contributed by atoms with Crippen LogP contribution in [0.3, 0.4) is 0 Å². The number of ether oxygens (including phenoxy) is 1. The summed E-state index contributed by atoms with van der Waals surface area (Å²) in [6.45, 7) is 3.77. The number of aryl methyl sites for hydroxylation is 2. The van der Waals surface area contributed by atoms with Crippen molar-refractivity contribution in [1.29, 1.82) is 0 Å². The van der Waals surface area contributed by atoms with Crippen molar-refractivity contribution in [3.8, 4) is 0 Å². The van der Waals surface area contributed by atoms with Crippen LogP contribution in [0.4, 0.5) is 0 Å². The van der Waals surface area contributed by atoms with Crippen LogP contribution in [-0.2, 0) is 17.6 Å². The molecule has 1 aromatic carbocycles. The third-order valence-electron chi connectivity index (χ3n) is 4.14. The van der Waals surface area contributed by atoms with Gasteiger partial charge in [0.05, 0.1) is 19.8 Å². The second-order valence-electron chi connectivity index (χ2n) is 5.50. The van der Waals surface area contributed by atoms with Crippen molar-refractivity contribution in [2.24, 2.45) is 0 Å². The van der Waals surface area contributed by atoms with Gasteiger partial charge in [-0.25, -0.2) is 0 Å². The van der Waals surface area contributed by atoms with Crippen LogP contribution in [0.1, 0.15) is 34.3 Å². The topological polar surface area (TPSA) is 29.5 Å². The van der Waals surface area contributed by atoms with Crippen molar-refractivity contribution in [3.63, 3.8) is 0 Å². The van der Waals surface area contributed by atoms with E-state index in [4.69, 9.17) is 4.74 Å². The minimum absolute atomic E-state index is 0.246. The molecule has 0 atom stereocenters. The van der Waals surface area contributed by atoms with Crippen LogP contribution in [0.25, 0.3) is 0 Å². The summed E-state index contributed by atoms with van der Waals surface area (Å²) in [5.74, 6) is 0.246. The average molecular weight is 259 g/mol. The van der Waals surface area contributed by atoms with E-state index in [2.05, 4.69) is 17.0 Å². The highest BCUT2D eigenvalue weighted by Gasteiger charge is 2.17. The lowest BCUT2D eigenvalue weighted by atomic mass is 9.90. The highest BCUT2D eigenvalue weighted by Crippen LogP contribution is 2.22. The Hall–Kier alpha value is -1.19. The SMILES string of the molecule is O=C(CN1CCOCC1)c1ccc2c(c1)CCCC2. The minimum Gasteiger partial charge on any atom is -0.379 e.